The van der Waals surface area contributed by atoms with Crippen LogP contribution in [0.5, 0.6) is 23.0 Å². The van der Waals surface area contributed by atoms with Gasteiger partial charge in [0.1, 0.15) is 59.1 Å². The Bertz CT molecular complexity index is 1370. The molecule has 3 aliphatic rings. The van der Waals surface area contributed by atoms with Crippen LogP contribution in [0.3, 0.4) is 0 Å². The van der Waals surface area contributed by atoms with Gasteiger partial charge < -0.3 is 68.9 Å². The van der Waals surface area contributed by atoms with Gasteiger partial charge in [-0.15, -0.1) is 0 Å². The summed E-state index contributed by atoms with van der Waals surface area (Å²) in [6, 6.07) is 8.67. The normalized spacial score (nSPS) is 34.8. The van der Waals surface area contributed by atoms with E-state index < -0.39 is 91.6 Å². The van der Waals surface area contributed by atoms with E-state index in [9.17, 15) is 45.3 Å². The van der Waals surface area contributed by atoms with Gasteiger partial charge in [-0.2, -0.15) is 0 Å². The molecule has 0 aromatic heterocycles. The molecule has 0 radical (unpaired) electrons. The highest BCUT2D eigenvalue weighted by molar-refractivity contribution is 6.05. The molecule has 0 saturated carbocycles. The molecule has 0 amide bonds. The van der Waals surface area contributed by atoms with Crippen LogP contribution >= 0.6 is 0 Å². The van der Waals surface area contributed by atoms with Gasteiger partial charge >= 0.3 is 5.97 Å². The number of Topliss-reactive ketones (excluding diaryl/α,β-unsaturated/α-hetero) is 1. The molecule has 45 heavy (non-hydrogen) atoms. The van der Waals surface area contributed by atoms with E-state index in [-0.39, 0.29) is 23.7 Å². The minimum Gasteiger partial charge on any atom is -0.507 e. The van der Waals surface area contributed by atoms with Crippen LogP contribution in [0.25, 0.3) is 0 Å². The highest BCUT2D eigenvalue weighted by Gasteiger charge is 2.49. The fourth-order valence-electron chi connectivity index (χ4n) is 5.23. The number of methoxy groups -OCH3 is 1. The van der Waals surface area contributed by atoms with Crippen molar-refractivity contribution in [2.75, 3.05) is 20.3 Å². The molecule has 7 N–H and O–H groups in total. The lowest BCUT2D eigenvalue weighted by atomic mass is 9.93. The molecular weight excluding hydrogens is 604 g/mol. The van der Waals surface area contributed by atoms with Crippen molar-refractivity contribution in [3.8, 4) is 23.0 Å². The number of hydrogen-bond acceptors (Lipinski definition) is 16. The lowest BCUT2D eigenvalue weighted by molar-refractivity contribution is -0.308. The minimum atomic E-state index is -1.77. The summed E-state index contributed by atoms with van der Waals surface area (Å²) in [6.45, 7) is 0.184. The van der Waals surface area contributed by atoms with Crippen LogP contribution < -0.4 is 14.2 Å². The van der Waals surface area contributed by atoms with E-state index in [1.807, 2.05) is 0 Å². The summed E-state index contributed by atoms with van der Waals surface area (Å²) in [7, 11) is 1.48. The van der Waals surface area contributed by atoms with Crippen molar-refractivity contribution in [1.29, 1.82) is 0 Å². The van der Waals surface area contributed by atoms with Crippen LogP contribution in [0, 0.1) is 0 Å². The van der Waals surface area contributed by atoms with Crippen molar-refractivity contribution in [3.63, 3.8) is 0 Å². The second kappa shape index (κ2) is 13.4. The molecule has 2 fully saturated rings. The van der Waals surface area contributed by atoms with E-state index in [1.165, 1.54) is 13.2 Å². The number of benzene rings is 2. The second-order valence-electron chi connectivity index (χ2n) is 10.7. The van der Waals surface area contributed by atoms with Crippen molar-refractivity contribution in [2.24, 2.45) is 0 Å². The number of ketones is 1. The molecule has 0 spiro atoms. The number of aliphatic hydroxyl groups is 6. The third-order valence-electron chi connectivity index (χ3n) is 7.63. The number of fused-ring (bicyclic) bond motifs is 1. The zero-order chi connectivity index (χ0) is 32.6. The van der Waals surface area contributed by atoms with E-state index >= 15 is 0 Å². The van der Waals surface area contributed by atoms with Gasteiger partial charge in [0, 0.05) is 19.1 Å². The van der Waals surface area contributed by atoms with Gasteiger partial charge in [0.15, 0.2) is 30.7 Å². The first kappa shape index (κ1) is 32.8. The summed E-state index contributed by atoms with van der Waals surface area (Å²) in [6.07, 6.45) is -16.8. The molecule has 2 aromatic rings. The number of aromatic hydroxyl groups is 1. The molecule has 3 heterocycles. The standard InChI is InChI=1S/C29H34O16/c1-11(30)42-27-21(34)18(10-41-28-24(37)20(33)16(32)9-40-28)45-29(25(27)38)43-14-7-15(31)19-17(8-14)44-26(23(36)22(19)35)12-3-5-13(39-2)6-4-12/h3-8,16,18,20-21,23-29,31-34,36-38H,9-10H2,1-2H3/t16-,18+,20+,21+,23?,24+,25+,26?,27-,28+,29-/m0/s1. The number of carbonyl (C=O) groups excluding carboxylic acids is 2. The number of carbonyl (C=O) groups is 2. The Kier molecular flexibility index (Phi) is 9.78. The molecule has 2 saturated heterocycles. The number of esters is 1. The highest BCUT2D eigenvalue weighted by atomic mass is 16.7. The van der Waals surface area contributed by atoms with Crippen molar-refractivity contribution < 1.29 is 78.5 Å². The van der Waals surface area contributed by atoms with Crippen molar-refractivity contribution in [3.05, 3.63) is 47.5 Å². The largest absolute Gasteiger partial charge is 0.507 e. The Morgan fingerprint density at radius 2 is 1.64 bits per heavy atom. The Morgan fingerprint density at radius 1 is 0.933 bits per heavy atom. The highest BCUT2D eigenvalue weighted by Crippen LogP contribution is 2.43. The van der Waals surface area contributed by atoms with Gasteiger partial charge in [-0.3, -0.25) is 9.59 Å². The molecule has 0 bridgehead atoms. The number of rotatable bonds is 8. The molecular formula is C29H34O16. The van der Waals surface area contributed by atoms with Gasteiger partial charge in [0.2, 0.25) is 12.1 Å². The Hall–Kier alpha value is -3.58. The third-order valence-corrected chi connectivity index (χ3v) is 7.63. The van der Waals surface area contributed by atoms with Crippen molar-refractivity contribution in [1.82, 2.24) is 0 Å². The van der Waals surface area contributed by atoms with Gasteiger partial charge in [-0.1, -0.05) is 12.1 Å². The Balaban J connectivity index is 1.36. The predicted octanol–water partition coefficient (Wildman–Crippen LogP) is -1.71. The monoisotopic (exact) mass is 638 g/mol. The quantitative estimate of drug-likeness (QED) is 0.159. The van der Waals surface area contributed by atoms with Crippen LogP contribution in [0.2, 0.25) is 0 Å². The summed E-state index contributed by atoms with van der Waals surface area (Å²) >= 11 is 0. The lowest BCUT2D eigenvalue weighted by Crippen LogP contribution is -2.62. The molecule has 246 valence electrons. The zero-order valence-corrected chi connectivity index (χ0v) is 24.0. The topological polar surface area (TPSA) is 240 Å². The van der Waals surface area contributed by atoms with Crippen LogP contribution in [0.15, 0.2) is 36.4 Å². The lowest BCUT2D eigenvalue weighted by Gasteiger charge is -2.42. The number of hydrogen-bond donors (Lipinski definition) is 7. The van der Waals surface area contributed by atoms with Crippen molar-refractivity contribution in [2.45, 2.75) is 74.4 Å². The summed E-state index contributed by atoms with van der Waals surface area (Å²) in [5.74, 6) is -2.04. The summed E-state index contributed by atoms with van der Waals surface area (Å²) in [4.78, 5) is 24.8. The first-order valence-corrected chi connectivity index (χ1v) is 13.9. The number of aliphatic hydroxyl groups excluding tert-OH is 6. The Labute approximate surface area is 255 Å². The van der Waals surface area contributed by atoms with Gasteiger partial charge in [-0.05, 0) is 17.7 Å². The molecule has 2 aromatic carbocycles. The van der Waals surface area contributed by atoms with Crippen LogP contribution in [0.4, 0.5) is 0 Å². The fourth-order valence-corrected chi connectivity index (χ4v) is 5.23. The first-order chi connectivity index (χ1) is 21.4. The number of ether oxygens (including phenoxy) is 7. The Morgan fingerprint density at radius 3 is 2.31 bits per heavy atom. The predicted molar refractivity (Wildman–Crippen MR) is 145 cm³/mol. The molecule has 11 atom stereocenters. The van der Waals surface area contributed by atoms with E-state index in [0.717, 1.165) is 13.0 Å². The van der Waals surface area contributed by atoms with Crippen LogP contribution in [-0.4, -0.2) is 129 Å². The molecule has 3 aliphatic heterocycles. The molecule has 2 unspecified atom stereocenters. The number of phenolic OH excluding ortho intramolecular Hbond substituents is 1. The van der Waals surface area contributed by atoms with Gasteiger partial charge in [-0.25, -0.2) is 0 Å². The molecule has 0 aliphatic carbocycles. The average molecular weight is 639 g/mol. The maximum Gasteiger partial charge on any atom is 0.303 e. The fraction of sp³-hybridized carbons (Fsp3) is 0.517. The minimum absolute atomic E-state index is 0.146. The van der Waals surface area contributed by atoms with E-state index in [1.54, 1.807) is 24.3 Å². The van der Waals surface area contributed by atoms with E-state index in [2.05, 4.69) is 0 Å². The number of phenols is 1. The van der Waals surface area contributed by atoms with Crippen LogP contribution in [0.1, 0.15) is 28.9 Å². The van der Waals surface area contributed by atoms with Gasteiger partial charge in [0.05, 0.1) is 20.3 Å². The SMILES string of the molecule is COc1ccc(C2Oc3cc(O[C@H]4O[C@H](CO[C@H]5OC[C@H](O)[C@@H](O)[C@H]5O)[C@@H](O)[C@H](OC(C)=O)[C@H]4O)cc(O)c3C(=O)C2O)cc1. The third kappa shape index (κ3) is 6.69. The molecule has 5 rings (SSSR count). The first-order valence-electron chi connectivity index (χ1n) is 13.9. The van der Waals surface area contributed by atoms with Crippen molar-refractivity contribution >= 4 is 11.8 Å². The maximum atomic E-state index is 13.0. The maximum absolute atomic E-state index is 13.0. The summed E-state index contributed by atoms with van der Waals surface area (Å²) in [5, 5.41) is 72.8. The van der Waals surface area contributed by atoms with Gasteiger partial charge in [0.25, 0.3) is 0 Å². The average Bonchev–Trinajstić information content (AvgIpc) is 3.01. The smallest absolute Gasteiger partial charge is 0.303 e. The zero-order valence-electron chi connectivity index (χ0n) is 24.0. The van der Waals surface area contributed by atoms with E-state index in [4.69, 9.17) is 33.2 Å². The molecule has 16 nitrogen and oxygen atoms in total. The second-order valence-corrected chi connectivity index (χ2v) is 10.7. The van der Waals surface area contributed by atoms with E-state index in [0.29, 0.717) is 11.3 Å². The van der Waals surface area contributed by atoms with Crippen LogP contribution in [-0.2, 0) is 23.7 Å². The summed E-state index contributed by atoms with van der Waals surface area (Å²) in [5.41, 5.74) is 0.136. The summed E-state index contributed by atoms with van der Waals surface area (Å²) < 4.78 is 38.3. The molecule has 16 heteroatoms.